The van der Waals surface area contributed by atoms with Crippen LogP contribution < -0.4 is 0 Å². The van der Waals surface area contributed by atoms with E-state index in [9.17, 15) is 4.79 Å². The Hall–Kier alpha value is -1.95. The smallest absolute Gasteiger partial charge is 0.335 e. The Morgan fingerprint density at radius 2 is 2.11 bits per heavy atom. The molecule has 0 spiro atoms. The average molecular weight is 246 g/mol. The van der Waals surface area contributed by atoms with E-state index in [0.717, 1.165) is 25.5 Å². The number of aromatic carboxylic acids is 1. The van der Waals surface area contributed by atoms with E-state index < -0.39 is 5.97 Å². The maximum atomic E-state index is 10.9. The highest BCUT2D eigenvalue weighted by Crippen LogP contribution is 2.13. The van der Waals surface area contributed by atoms with Gasteiger partial charge < -0.3 is 5.11 Å². The second kappa shape index (κ2) is 4.38. The Kier molecular flexibility index (Phi) is 2.71. The highest BCUT2D eigenvalue weighted by Gasteiger charge is 2.15. The van der Waals surface area contributed by atoms with Crippen molar-refractivity contribution in [2.75, 3.05) is 13.1 Å². The fraction of sp³-hybridized carbons (Fsp3) is 0.417. The zero-order chi connectivity index (χ0) is 12.5. The van der Waals surface area contributed by atoms with Gasteiger partial charge in [0, 0.05) is 6.20 Å². The Morgan fingerprint density at radius 3 is 2.83 bits per heavy atom. The van der Waals surface area contributed by atoms with Crippen molar-refractivity contribution in [1.82, 2.24) is 19.5 Å². The van der Waals surface area contributed by atoms with Crippen molar-refractivity contribution in [3.63, 3.8) is 0 Å². The molecule has 2 aromatic rings. The molecule has 1 aliphatic heterocycles. The molecule has 0 amide bonds. The number of carboxylic acid groups (broad SMARTS) is 1. The van der Waals surface area contributed by atoms with Crippen molar-refractivity contribution in [1.29, 1.82) is 0 Å². The average Bonchev–Trinajstić information content (AvgIpc) is 2.99. The highest BCUT2D eigenvalue weighted by atomic mass is 16.4. The molecule has 2 aromatic heterocycles. The fourth-order valence-electron chi connectivity index (χ4n) is 2.32. The van der Waals surface area contributed by atoms with E-state index in [0.29, 0.717) is 5.65 Å². The van der Waals surface area contributed by atoms with Gasteiger partial charge in [0.15, 0.2) is 11.5 Å². The topological polar surface area (TPSA) is 70.7 Å². The number of nitrogens with zero attached hydrogens (tertiary/aromatic N) is 4. The summed E-state index contributed by atoms with van der Waals surface area (Å²) in [6.07, 6.45) is 4.20. The number of hydrogen-bond donors (Lipinski definition) is 1. The molecule has 1 aliphatic rings. The van der Waals surface area contributed by atoms with Crippen molar-refractivity contribution in [2.24, 2.45) is 0 Å². The second-order valence-corrected chi connectivity index (χ2v) is 4.55. The van der Waals surface area contributed by atoms with Gasteiger partial charge in [-0.15, -0.1) is 10.2 Å². The maximum absolute atomic E-state index is 10.9. The highest BCUT2D eigenvalue weighted by molar-refractivity contribution is 5.88. The quantitative estimate of drug-likeness (QED) is 0.875. The second-order valence-electron chi connectivity index (χ2n) is 4.55. The molecule has 18 heavy (non-hydrogen) atoms. The Labute approximate surface area is 104 Å². The van der Waals surface area contributed by atoms with Crippen LogP contribution in [-0.2, 0) is 6.54 Å². The third kappa shape index (κ3) is 1.95. The lowest BCUT2D eigenvalue weighted by molar-refractivity contribution is 0.0697. The van der Waals surface area contributed by atoms with Crippen LogP contribution in [0.25, 0.3) is 5.65 Å². The fourth-order valence-corrected chi connectivity index (χ4v) is 2.32. The van der Waals surface area contributed by atoms with Crippen LogP contribution in [0.1, 0.15) is 29.0 Å². The summed E-state index contributed by atoms with van der Waals surface area (Å²) in [5.41, 5.74) is 0.826. The van der Waals surface area contributed by atoms with Crippen LogP contribution in [0.3, 0.4) is 0 Å². The molecule has 0 unspecified atom stereocenters. The van der Waals surface area contributed by atoms with Gasteiger partial charge in [0.05, 0.1) is 12.1 Å². The molecule has 6 nitrogen and oxygen atoms in total. The molecule has 0 aliphatic carbocycles. The van der Waals surface area contributed by atoms with Crippen LogP contribution in [0.5, 0.6) is 0 Å². The van der Waals surface area contributed by atoms with Gasteiger partial charge in [0.1, 0.15) is 0 Å². The third-order valence-electron chi connectivity index (χ3n) is 3.29. The summed E-state index contributed by atoms with van der Waals surface area (Å²) in [5, 5.41) is 17.1. The van der Waals surface area contributed by atoms with Crippen LogP contribution >= 0.6 is 0 Å². The first-order chi connectivity index (χ1) is 8.74. The number of pyridine rings is 1. The van der Waals surface area contributed by atoms with Crippen LogP contribution in [0.2, 0.25) is 0 Å². The minimum absolute atomic E-state index is 0.239. The van der Waals surface area contributed by atoms with E-state index in [1.54, 1.807) is 18.3 Å². The summed E-state index contributed by atoms with van der Waals surface area (Å²) < 4.78 is 1.85. The molecule has 0 radical (unpaired) electrons. The number of hydrogen-bond acceptors (Lipinski definition) is 4. The van der Waals surface area contributed by atoms with Gasteiger partial charge in [-0.1, -0.05) is 0 Å². The van der Waals surface area contributed by atoms with E-state index in [2.05, 4.69) is 15.1 Å². The van der Waals surface area contributed by atoms with Crippen molar-refractivity contribution < 1.29 is 9.90 Å². The molecule has 1 fully saturated rings. The number of carbonyl (C=O) groups is 1. The van der Waals surface area contributed by atoms with E-state index in [-0.39, 0.29) is 5.56 Å². The van der Waals surface area contributed by atoms with Crippen LogP contribution in [0.4, 0.5) is 0 Å². The largest absolute Gasteiger partial charge is 0.478 e. The SMILES string of the molecule is O=C(O)c1ccn2c(CN3CCCC3)nnc2c1. The number of aromatic nitrogens is 3. The maximum Gasteiger partial charge on any atom is 0.335 e. The lowest BCUT2D eigenvalue weighted by Gasteiger charge is -2.12. The van der Waals surface area contributed by atoms with Crippen molar-refractivity contribution in [3.8, 4) is 0 Å². The van der Waals surface area contributed by atoms with Gasteiger partial charge in [0.2, 0.25) is 0 Å². The van der Waals surface area contributed by atoms with Crippen molar-refractivity contribution in [3.05, 3.63) is 29.7 Å². The predicted molar refractivity (Wildman–Crippen MR) is 64.5 cm³/mol. The number of fused-ring (bicyclic) bond motifs is 1. The van der Waals surface area contributed by atoms with E-state index in [1.807, 2.05) is 4.40 Å². The van der Waals surface area contributed by atoms with E-state index in [1.165, 1.54) is 12.8 Å². The van der Waals surface area contributed by atoms with Crippen LogP contribution in [-0.4, -0.2) is 43.7 Å². The Morgan fingerprint density at radius 1 is 1.33 bits per heavy atom. The van der Waals surface area contributed by atoms with Gasteiger partial charge >= 0.3 is 5.97 Å². The molecule has 94 valence electrons. The van der Waals surface area contributed by atoms with Crippen molar-refractivity contribution >= 4 is 11.6 Å². The summed E-state index contributed by atoms with van der Waals surface area (Å²) in [6.45, 7) is 2.97. The minimum Gasteiger partial charge on any atom is -0.478 e. The van der Waals surface area contributed by atoms with E-state index >= 15 is 0 Å². The molecule has 3 rings (SSSR count). The normalized spacial score (nSPS) is 16.4. The third-order valence-corrected chi connectivity index (χ3v) is 3.29. The Bertz CT molecular complexity index is 587. The molecule has 0 atom stereocenters. The van der Waals surface area contributed by atoms with Gasteiger partial charge in [-0.25, -0.2) is 4.79 Å². The molecule has 3 heterocycles. The summed E-state index contributed by atoms with van der Waals surface area (Å²) in [7, 11) is 0. The number of carboxylic acids is 1. The van der Waals surface area contributed by atoms with Gasteiger partial charge in [-0.05, 0) is 38.1 Å². The molecule has 0 bridgehead atoms. The number of likely N-dealkylation sites (tertiary alicyclic amines) is 1. The van der Waals surface area contributed by atoms with Crippen LogP contribution in [0.15, 0.2) is 18.3 Å². The first kappa shape index (κ1) is 11.2. The predicted octanol–water partition coefficient (Wildman–Crippen LogP) is 1.02. The Balaban J connectivity index is 1.91. The summed E-state index contributed by atoms with van der Waals surface area (Å²) in [6, 6.07) is 3.12. The molecule has 1 N–H and O–H groups in total. The molecule has 0 aromatic carbocycles. The first-order valence-corrected chi connectivity index (χ1v) is 6.03. The number of rotatable bonds is 3. The zero-order valence-corrected chi connectivity index (χ0v) is 9.91. The van der Waals surface area contributed by atoms with Crippen molar-refractivity contribution in [2.45, 2.75) is 19.4 Å². The zero-order valence-electron chi connectivity index (χ0n) is 9.91. The van der Waals surface area contributed by atoms with Gasteiger partial charge in [-0.2, -0.15) is 0 Å². The molecule has 6 heteroatoms. The molecule has 0 saturated carbocycles. The lowest BCUT2D eigenvalue weighted by atomic mass is 10.3. The summed E-state index contributed by atoms with van der Waals surface area (Å²) >= 11 is 0. The molecular weight excluding hydrogens is 232 g/mol. The van der Waals surface area contributed by atoms with Gasteiger partial charge in [-0.3, -0.25) is 9.30 Å². The standard InChI is InChI=1S/C12H14N4O2/c17-12(18)9-3-6-16-10(7-9)13-14-11(16)8-15-4-1-2-5-15/h3,6-7H,1-2,4-5,8H2,(H,17,18). The summed E-state index contributed by atoms with van der Waals surface area (Å²) in [5.74, 6) is -0.0783. The first-order valence-electron chi connectivity index (χ1n) is 6.03. The molecular formula is C12H14N4O2. The lowest BCUT2D eigenvalue weighted by Crippen LogP contribution is -2.20. The summed E-state index contributed by atoms with van der Waals surface area (Å²) in [4.78, 5) is 13.2. The van der Waals surface area contributed by atoms with Crippen LogP contribution in [0, 0.1) is 0 Å². The van der Waals surface area contributed by atoms with Gasteiger partial charge in [0.25, 0.3) is 0 Å². The monoisotopic (exact) mass is 246 g/mol. The van der Waals surface area contributed by atoms with E-state index in [4.69, 9.17) is 5.11 Å². The minimum atomic E-state index is -0.943. The molecule has 1 saturated heterocycles.